The SMILES string of the molecule is C=CC(=O)CC(COCC(COC(=O)C=C)(COC(=O)C=C)COC(=O)C=C)(COC(=O)C=C)CC(=O)C=C. The van der Waals surface area contributed by atoms with E-state index in [4.69, 9.17) is 23.7 Å². The van der Waals surface area contributed by atoms with Crippen LogP contribution in [0.15, 0.2) is 75.9 Å². The van der Waals surface area contributed by atoms with Gasteiger partial charge in [-0.3, -0.25) is 9.59 Å². The van der Waals surface area contributed by atoms with Crippen molar-refractivity contribution in [3.05, 3.63) is 75.9 Å². The highest BCUT2D eigenvalue weighted by molar-refractivity contribution is 5.92. The fraction of sp³-hybridized carbons (Fsp3) is 0.357. The van der Waals surface area contributed by atoms with Crippen molar-refractivity contribution in [3.63, 3.8) is 0 Å². The van der Waals surface area contributed by atoms with Gasteiger partial charge in [-0.15, -0.1) is 0 Å². The predicted octanol–water partition coefficient (Wildman–Crippen LogP) is 2.18. The van der Waals surface area contributed by atoms with E-state index in [1.165, 1.54) is 0 Å². The minimum absolute atomic E-state index is 0.296. The fourth-order valence-electron chi connectivity index (χ4n) is 3.06. The molecule has 11 heteroatoms. The molecule has 0 unspecified atom stereocenters. The van der Waals surface area contributed by atoms with Gasteiger partial charge in [0.1, 0.15) is 26.4 Å². The molecular formula is C28H34O11. The molecule has 0 aromatic carbocycles. The first-order valence-electron chi connectivity index (χ1n) is 11.5. The molecule has 0 spiro atoms. The van der Waals surface area contributed by atoms with E-state index in [0.717, 1.165) is 36.5 Å². The lowest BCUT2D eigenvalue weighted by Gasteiger charge is -2.35. The van der Waals surface area contributed by atoms with Gasteiger partial charge in [0, 0.05) is 42.6 Å². The fourth-order valence-corrected chi connectivity index (χ4v) is 3.06. The normalized spacial score (nSPS) is 10.7. The molecule has 39 heavy (non-hydrogen) atoms. The zero-order valence-corrected chi connectivity index (χ0v) is 21.9. The summed E-state index contributed by atoms with van der Waals surface area (Å²) < 4.78 is 26.5. The van der Waals surface area contributed by atoms with Gasteiger partial charge in [-0.2, -0.15) is 0 Å². The smallest absolute Gasteiger partial charge is 0.330 e. The molecule has 0 saturated carbocycles. The number of ketones is 2. The molecule has 0 fully saturated rings. The summed E-state index contributed by atoms with van der Waals surface area (Å²) in [5.41, 5.74) is -2.82. The van der Waals surface area contributed by atoms with E-state index in [1.54, 1.807) is 0 Å². The van der Waals surface area contributed by atoms with Crippen molar-refractivity contribution in [2.24, 2.45) is 10.8 Å². The summed E-state index contributed by atoms with van der Waals surface area (Å²) in [6.45, 7) is 17.6. The molecule has 0 amide bonds. The topological polar surface area (TPSA) is 149 Å². The molecule has 0 saturated heterocycles. The maximum atomic E-state index is 12.3. The highest BCUT2D eigenvalue weighted by Crippen LogP contribution is 2.31. The highest BCUT2D eigenvalue weighted by atomic mass is 16.6. The number of hydrogen-bond acceptors (Lipinski definition) is 11. The monoisotopic (exact) mass is 546 g/mol. The lowest BCUT2D eigenvalue weighted by atomic mass is 9.79. The van der Waals surface area contributed by atoms with Gasteiger partial charge in [0.15, 0.2) is 11.6 Å². The average Bonchev–Trinajstić information content (AvgIpc) is 2.95. The van der Waals surface area contributed by atoms with Gasteiger partial charge >= 0.3 is 23.9 Å². The van der Waals surface area contributed by atoms with Crippen LogP contribution in [0, 0.1) is 10.8 Å². The van der Waals surface area contributed by atoms with Crippen LogP contribution in [0.3, 0.4) is 0 Å². The molecular weight excluding hydrogens is 512 g/mol. The van der Waals surface area contributed by atoms with Crippen LogP contribution in [0.5, 0.6) is 0 Å². The van der Waals surface area contributed by atoms with Crippen molar-refractivity contribution in [1.29, 1.82) is 0 Å². The molecule has 0 aliphatic rings. The Morgan fingerprint density at radius 3 is 1.00 bits per heavy atom. The molecule has 0 N–H and O–H groups in total. The predicted molar refractivity (Wildman–Crippen MR) is 140 cm³/mol. The Morgan fingerprint density at radius 2 is 0.718 bits per heavy atom. The Hall–Kier alpha value is -4.38. The lowest BCUT2D eigenvalue weighted by Crippen LogP contribution is -2.45. The van der Waals surface area contributed by atoms with Crippen molar-refractivity contribution < 1.29 is 52.5 Å². The average molecular weight is 547 g/mol. The van der Waals surface area contributed by atoms with E-state index in [2.05, 4.69) is 39.5 Å². The summed E-state index contributed by atoms with van der Waals surface area (Å²) >= 11 is 0. The lowest BCUT2D eigenvalue weighted by molar-refractivity contribution is -0.164. The maximum Gasteiger partial charge on any atom is 0.330 e. The summed E-state index contributed by atoms with van der Waals surface area (Å²) in [6, 6.07) is 0. The first kappa shape index (κ1) is 34.6. The van der Waals surface area contributed by atoms with E-state index in [-0.39, 0.29) is 26.1 Å². The van der Waals surface area contributed by atoms with Crippen molar-refractivity contribution >= 4 is 35.4 Å². The molecule has 0 aliphatic carbocycles. The number of esters is 4. The van der Waals surface area contributed by atoms with Crippen LogP contribution in [0.4, 0.5) is 0 Å². The number of allylic oxidation sites excluding steroid dienone is 2. The Morgan fingerprint density at radius 1 is 0.436 bits per heavy atom. The Balaban J connectivity index is 6.28. The van der Waals surface area contributed by atoms with E-state index >= 15 is 0 Å². The quantitative estimate of drug-likeness (QED) is 0.112. The number of hydrogen-bond donors (Lipinski definition) is 0. The van der Waals surface area contributed by atoms with Crippen LogP contribution >= 0.6 is 0 Å². The van der Waals surface area contributed by atoms with Crippen molar-refractivity contribution in [2.45, 2.75) is 12.8 Å². The summed E-state index contributed by atoms with van der Waals surface area (Å²) in [4.78, 5) is 71.8. The van der Waals surface area contributed by atoms with E-state index in [9.17, 15) is 28.8 Å². The summed E-state index contributed by atoms with van der Waals surface area (Å²) in [7, 11) is 0. The Labute approximate surface area is 227 Å². The standard InChI is InChI=1S/C28H34O11/c1-7-21(29)13-27(14-22(30)8-2,17-36-23(31)9-3)15-35-16-28(18-37-24(32)10-4,19-38-25(33)11-5)20-39-26(34)12-6/h7-12H,1-6,13-20H2. The molecule has 0 radical (unpaired) electrons. The molecule has 0 aliphatic heterocycles. The number of carbonyl (C=O) groups is 6. The van der Waals surface area contributed by atoms with E-state index in [1.807, 2.05) is 0 Å². The number of carbonyl (C=O) groups excluding carboxylic acids is 6. The van der Waals surface area contributed by atoms with E-state index < -0.39 is 72.7 Å². The second-order valence-electron chi connectivity index (χ2n) is 8.43. The van der Waals surface area contributed by atoms with E-state index in [0.29, 0.717) is 0 Å². The minimum atomic E-state index is -1.45. The first-order chi connectivity index (χ1) is 18.4. The van der Waals surface area contributed by atoms with Gasteiger partial charge in [-0.25, -0.2) is 19.2 Å². The zero-order valence-electron chi connectivity index (χ0n) is 21.9. The third-order valence-electron chi connectivity index (χ3n) is 5.12. The van der Waals surface area contributed by atoms with Crippen LogP contribution < -0.4 is 0 Å². The first-order valence-corrected chi connectivity index (χ1v) is 11.5. The second-order valence-corrected chi connectivity index (χ2v) is 8.43. The van der Waals surface area contributed by atoms with Crippen molar-refractivity contribution in [2.75, 3.05) is 39.6 Å². The Bertz CT molecular complexity index is 908. The second kappa shape index (κ2) is 18.0. The molecule has 0 rings (SSSR count). The van der Waals surface area contributed by atoms with Crippen LogP contribution in [0.25, 0.3) is 0 Å². The van der Waals surface area contributed by atoms with Gasteiger partial charge in [0.25, 0.3) is 0 Å². The number of ether oxygens (including phenoxy) is 5. The van der Waals surface area contributed by atoms with Crippen LogP contribution in [0.1, 0.15) is 12.8 Å². The van der Waals surface area contributed by atoms with Gasteiger partial charge in [0.05, 0.1) is 18.6 Å². The number of rotatable bonds is 22. The van der Waals surface area contributed by atoms with Crippen LogP contribution in [0.2, 0.25) is 0 Å². The molecule has 0 heterocycles. The Kier molecular flexibility index (Phi) is 16.0. The molecule has 212 valence electrons. The van der Waals surface area contributed by atoms with Gasteiger partial charge in [0.2, 0.25) is 0 Å². The van der Waals surface area contributed by atoms with Crippen molar-refractivity contribution in [3.8, 4) is 0 Å². The molecule has 11 nitrogen and oxygen atoms in total. The molecule has 0 aromatic rings. The highest BCUT2D eigenvalue weighted by Gasteiger charge is 2.40. The third kappa shape index (κ3) is 13.7. The molecule has 0 atom stereocenters. The molecule has 0 bridgehead atoms. The maximum absolute atomic E-state index is 12.3. The molecule has 0 aromatic heterocycles. The summed E-state index contributed by atoms with van der Waals surface area (Å²) in [5, 5.41) is 0. The summed E-state index contributed by atoms with van der Waals surface area (Å²) in [6.07, 6.45) is 5.12. The van der Waals surface area contributed by atoms with Gasteiger partial charge < -0.3 is 23.7 Å². The van der Waals surface area contributed by atoms with Crippen LogP contribution in [-0.2, 0) is 52.5 Å². The summed E-state index contributed by atoms with van der Waals surface area (Å²) in [5.74, 6) is -4.17. The third-order valence-corrected chi connectivity index (χ3v) is 5.12. The zero-order chi connectivity index (χ0) is 29.9. The van der Waals surface area contributed by atoms with Crippen LogP contribution in [-0.4, -0.2) is 75.1 Å². The van der Waals surface area contributed by atoms with Crippen molar-refractivity contribution in [1.82, 2.24) is 0 Å². The largest absolute Gasteiger partial charge is 0.462 e. The van der Waals surface area contributed by atoms with Gasteiger partial charge in [-0.1, -0.05) is 39.5 Å². The van der Waals surface area contributed by atoms with Gasteiger partial charge in [-0.05, 0) is 12.2 Å². The minimum Gasteiger partial charge on any atom is -0.462 e.